The van der Waals surface area contributed by atoms with E-state index < -0.39 is 16.0 Å². The van der Waals surface area contributed by atoms with Gasteiger partial charge in [0.1, 0.15) is 6.61 Å². The fourth-order valence-electron chi connectivity index (χ4n) is 3.12. The molecule has 0 spiro atoms. The van der Waals surface area contributed by atoms with Crippen molar-refractivity contribution in [2.45, 2.75) is 18.4 Å². The molecule has 0 radical (unpaired) electrons. The van der Waals surface area contributed by atoms with Gasteiger partial charge < -0.3 is 14.4 Å². The van der Waals surface area contributed by atoms with E-state index in [1.807, 2.05) is 36.1 Å². The number of carbonyl (C=O) groups excluding carboxylic acids is 1. The molecule has 1 aliphatic rings. The number of ether oxygens (including phenoxy) is 2. The molecule has 0 unspecified atom stereocenters. The zero-order valence-corrected chi connectivity index (χ0v) is 17.7. The summed E-state index contributed by atoms with van der Waals surface area (Å²) in [5.74, 6) is -0.550. The van der Waals surface area contributed by atoms with Crippen LogP contribution < -0.4 is 4.90 Å². The number of anilines is 1. The molecule has 2 aromatic carbocycles. The Balaban J connectivity index is 1.94. The summed E-state index contributed by atoms with van der Waals surface area (Å²) in [5, 5.41) is 0. The maximum atomic E-state index is 13.0. The zero-order valence-electron chi connectivity index (χ0n) is 16.9. The second-order valence-electron chi connectivity index (χ2n) is 7.07. The highest BCUT2D eigenvalue weighted by atomic mass is 32.2. The van der Waals surface area contributed by atoms with Crippen molar-refractivity contribution < 1.29 is 22.7 Å². The van der Waals surface area contributed by atoms with Crippen molar-refractivity contribution >= 4 is 21.7 Å². The minimum Gasteiger partial charge on any atom is -0.457 e. The zero-order chi connectivity index (χ0) is 21.0. The molecule has 0 N–H and O–H groups in total. The van der Waals surface area contributed by atoms with E-state index in [0.29, 0.717) is 32.0 Å². The first kappa shape index (κ1) is 21.3. The van der Waals surface area contributed by atoms with Crippen LogP contribution in [0.5, 0.6) is 0 Å². The number of rotatable bonds is 6. The fraction of sp³-hybridized carbons (Fsp3) is 0.381. The van der Waals surface area contributed by atoms with Crippen LogP contribution in [0.3, 0.4) is 0 Å². The number of esters is 1. The standard InChI is InChI=1S/C21H26N2O5S/c1-16-6-4-5-7-17(16)15-28-21(24)19-14-18(29(25,26)22(2)3)8-9-20(19)23-10-12-27-13-11-23/h4-9,14H,10-13,15H2,1-3H3. The number of hydrogen-bond acceptors (Lipinski definition) is 6. The summed E-state index contributed by atoms with van der Waals surface area (Å²) in [5.41, 5.74) is 2.83. The summed E-state index contributed by atoms with van der Waals surface area (Å²) in [4.78, 5) is 15.0. The van der Waals surface area contributed by atoms with Crippen LogP contribution in [0.2, 0.25) is 0 Å². The topological polar surface area (TPSA) is 76.2 Å². The molecule has 1 saturated heterocycles. The molecule has 3 rings (SSSR count). The Labute approximate surface area is 171 Å². The first-order valence-corrected chi connectivity index (χ1v) is 10.9. The minimum absolute atomic E-state index is 0.0577. The molecule has 1 fully saturated rings. The molecular formula is C21H26N2O5S. The van der Waals surface area contributed by atoms with Crippen molar-refractivity contribution in [2.24, 2.45) is 0 Å². The predicted molar refractivity (Wildman–Crippen MR) is 111 cm³/mol. The third kappa shape index (κ3) is 4.77. The molecule has 0 aromatic heterocycles. The van der Waals surface area contributed by atoms with Crippen molar-refractivity contribution in [2.75, 3.05) is 45.3 Å². The Morgan fingerprint density at radius 3 is 2.48 bits per heavy atom. The highest BCUT2D eigenvalue weighted by Crippen LogP contribution is 2.27. The summed E-state index contributed by atoms with van der Waals surface area (Å²) in [6, 6.07) is 12.3. The van der Waals surface area contributed by atoms with Crippen LogP contribution in [-0.2, 0) is 26.1 Å². The third-order valence-electron chi connectivity index (χ3n) is 4.94. The Hall–Kier alpha value is -2.42. The SMILES string of the molecule is Cc1ccccc1COC(=O)c1cc(S(=O)(=O)N(C)C)ccc1N1CCOCC1. The molecule has 29 heavy (non-hydrogen) atoms. The quantitative estimate of drug-likeness (QED) is 0.671. The molecule has 0 bridgehead atoms. The molecule has 8 heteroatoms. The fourth-order valence-corrected chi connectivity index (χ4v) is 4.05. The van der Waals surface area contributed by atoms with Crippen LogP contribution in [0.25, 0.3) is 0 Å². The van der Waals surface area contributed by atoms with Gasteiger partial charge in [-0.15, -0.1) is 0 Å². The van der Waals surface area contributed by atoms with Gasteiger partial charge in [0.15, 0.2) is 0 Å². The lowest BCUT2D eigenvalue weighted by molar-refractivity contribution is 0.0471. The molecule has 2 aromatic rings. The van der Waals surface area contributed by atoms with Crippen LogP contribution >= 0.6 is 0 Å². The van der Waals surface area contributed by atoms with Gasteiger partial charge in [0, 0.05) is 27.2 Å². The molecule has 0 aliphatic carbocycles. The van der Waals surface area contributed by atoms with Crippen molar-refractivity contribution in [1.29, 1.82) is 0 Å². The number of morpholine rings is 1. The maximum Gasteiger partial charge on any atom is 0.340 e. The number of carbonyl (C=O) groups is 1. The third-order valence-corrected chi connectivity index (χ3v) is 6.75. The highest BCUT2D eigenvalue weighted by Gasteiger charge is 2.25. The van der Waals surface area contributed by atoms with E-state index in [2.05, 4.69) is 0 Å². The number of nitrogens with zero attached hydrogens (tertiary/aromatic N) is 2. The molecule has 1 aliphatic heterocycles. The molecule has 7 nitrogen and oxygen atoms in total. The molecule has 156 valence electrons. The van der Waals surface area contributed by atoms with Crippen molar-refractivity contribution in [1.82, 2.24) is 4.31 Å². The number of aryl methyl sites for hydroxylation is 1. The van der Waals surface area contributed by atoms with Gasteiger partial charge >= 0.3 is 5.97 Å². The van der Waals surface area contributed by atoms with E-state index in [-0.39, 0.29) is 17.1 Å². The van der Waals surface area contributed by atoms with E-state index in [4.69, 9.17) is 9.47 Å². The lowest BCUT2D eigenvalue weighted by Gasteiger charge is -2.30. The van der Waals surface area contributed by atoms with E-state index in [9.17, 15) is 13.2 Å². The molecule has 0 amide bonds. The molecule has 1 heterocycles. The number of sulfonamides is 1. The van der Waals surface area contributed by atoms with Gasteiger partial charge in [-0.2, -0.15) is 0 Å². The Kier molecular flexibility index (Phi) is 6.56. The Bertz CT molecular complexity index is 982. The average molecular weight is 419 g/mol. The lowest BCUT2D eigenvalue weighted by atomic mass is 10.1. The first-order chi connectivity index (χ1) is 13.8. The van der Waals surface area contributed by atoms with Gasteiger partial charge in [-0.25, -0.2) is 17.5 Å². The maximum absolute atomic E-state index is 13.0. The molecule has 0 saturated carbocycles. The summed E-state index contributed by atoms with van der Waals surface area (Å²) >= 11 is 0. The summed E-state index contributed by atoms with van der Waals surface area (Å²) < 4.78 is 37.2. The van der Waals surface area contributed by atoms with Crippen molar-refractivity contribution in [3.8, 4) is 0 Å². The van der Waals surface area contributed by atoms with Gasteiger partial charge in [-0.3, -0.25) is 0 Å². The van der Waals surface area contributed by atoms with Gasteiger partial charge in [0.2, 0.25) is 10.0 Å². The van der Waals surface area contributed by atoms with Crippen molar-refractivity contribution in [3.63, 3.8) is 0 Å². The van der Waals surface area contributed by atoms with Gasteiger partial charge in [0.25, 0.3) is 0 Å². The Morgan fingerprint density at radius 2 is 1.83 bits per heavy atom. The minimum atomic E-state index is -3.67. The summed E-state index contributed by atoms with van der Waals surface area (Å²) in [6.45, 7) is 4.42. The smallest absolute Gasteiger partial charge is 0.340 e. The summed E-state index contributed by atoms with van der Waals surface area (Å²) in [7, 11) is -0.752. The predicted octanol–water partition coefficient (Wildman–Crippen LogP) is 2.44. The van der Waals surface area contributed by atoms with Crippen LogP contribution in [0.4, 0.5) is 5.69 Å². The largest absolute Gasteiger partial charge is 0.457 e. The van der Waals surface area contributed by atoms with Crippen LogP contribution in [0.15, 0.2) is 47.4 Å². The first-order valence-electron chi connectivity index (χ1n) is 9.41. The van der Waals surface area contributed by atoms with E-state index in [1.165, 1.54) is 26.2 Å². The average Bonchev–Trinajstić information content (AvgIpc) is 2.73. The number of hydrogen-bond donors (Lipinski definition) is 0. The summed E-state index contributed by atoms with van der Waals surface area (Å²) in [6.07, 6.45) is 0. The van der Waals surface area contributed by atoms with E-state index in [0.717, 1.165) is 15.4 Å². The second kappa shape index (κ2) is 8.94. The van der Waals surface area contributed by atoms with Crippen LogP contribution in [-0.4, -0.2) is 59.1 Å². The van der Waals surface area contributed by atoms with Crippen LogP contribution in [0, 0.1) is 6.92 Å². The monoisotopic (exact) mass is 418 g/mol. The Morgan fingerprint density at radius 1 is 1.14 bits per heavy atom. The normalized spacial score (nSPS) is 14.8. The van der Waals surface area contributed by atoms with Crippen LogP contribution in [0.1, 0.15) is 21.5 Å². The van der Waals surface area contributed by atoms with Gasteiger partial charge in [-0.05, 0) is 36.2 Å². The van der Waals surface area contributed by atoms with Crippen molar-refractivity contribution in [3.05, 3.63) is 59.2 Å². The lowest BCUT2D eigenvalue weighted by Crippen LogP contribution is -2.37. The second-order valence-corrected chi connectivity index (χ2v) is 9.22. The number of benzene rings is 2. The van der Waals surface area contributed by atoms with E-state index in [1.54, 1.807) is 6.07 Å². The van der Waals surface area contributed by atoms with Gasteiger partial charge in [0.05, 0.1) is 29.4 Å². The van der Waals surface area contributed by atoms with Gasteiger partial charge in [-0.1, -0.05) is 24.3 Å². The highest BCUT2D eigenvalue weighted by molar-refractivity contribution is 7.89. The molecular weight excluding hydrogens is 392 g/mol. The van der Waals surface area contributed by atoms with E-state index >= 15 is 0 Å². The molecule has 0 atom stereocenters.